The number of hydrogen-bond acceptors (Lipinski definition) is 2. The Balaban J connectivity index is 1.98. The number of carbonyl (C=O) groups is 1. The zero-order chi connectivity index (χ0) is 20.3. The Hall–Kier alpha value is -2.69. The molecule has 2 aromatic carbocycles. The van der Waals surface area contributed by atoms with E-state index in [-0.39, 0.29) is 11.7 Å². The monoisotopic (exact) mass is 381 g/mol. The summed E-state index contributed by atoms with van der Waals surface area (Å²) in [4.78, 5) is 19.7. The maximum atomic E-state index is 13.7. The zero-order valence-electron chi connectivity index (χ0n) is 17.1. The van der Waals surface area contributed by atoms with Crippen LogP contribution in [0.2, 0.25) is 0 Å². The number of nitrogens with zero attached hydrogens (tertiary/aromatic N) is 3. The summed E-state index contributed by atoms with van der Waals surface area (Å²) in [6, 6.07) is 12.4. The summed E-state index contributed by atoms with van der Waals surface area (Å²) in [5.74, 6) is 0.827. The SMILES string of the molecule is CCCn1c(CN(CC(C)C)C(=O)c2cccc(C)c2)nc2cc(F)ccc21. The average molecular weight is 381 g/mol. The summed E-state index contributed by atoms with van der Waals surface area (Å²) in [5, 5.41) is 0. The van der Waals surface area contributed by atoms with Crippen LogP contribution in [0.4, 0.5) is 4.39 Å². The van der Waals surface area contributed by atoms with Crippen molar-refractivity contribution in [2.75, 3.05) is 6.54 Å². The molecule has 0 saturated carbocycles. The molecule has 3 aromatic rings. The summed E-state index contributed by atoms with van der Waals surface area (Å²) < 4.78 is 15.8. The zero-order valence-corrected chi connectivity index (χ0v) is 17.1. The number of rotatable bonds is 7. The molecule has 0 aliphatic carbocycles. The minimum atomic E-state index is -0.296. The summed E-state index contributed by atoms with van der Waals surface area (Å²) in [5.41, 5.74) is 3.29. The first kappa shape index (κ1) is 20.1. The standard InChI is InChI=1S/C23H28FN3O/c1-5-11-27-21-10-9-19(24)13-20(21)25-22(27)15-26(14-16(2)3)23(28)18-8-6-7-17(4)12-18/h6-10,12-13,16H,5,11,14-15H2,1-4H3. The van der Waals surface area contributed by atoms with Crippen molar-refractivity contribution in [2.45, 2.75) is 47.2 Å². The van der Waals surface area contributed by atoms with Crippen molar-refractivity contribution < 1.29 is 9.18 Å². The lowest BCUT2D eigenvalue weighted by Crippen LogP contribution is -2.34. The molecule has 28 heavy (non-hydrogen) atoms. The fourth-order valence-electron chi connectivity index (χ4n) is 3.54. The van der Waals surface area contributed by atoms with E-state index in [0.29, 0.717) is 30.1 Å². The molecular weight excluding hydrogens is 353 g/mol. The molecule has 1 aromatic heterocycles. The summed E-state index contributed by atoms with van der Waals surface area (Å²) in [6.45, 7) is 10.1. The van der Waals surface area contributed by atoms with Gasteiger partial charge in [0, 0.05) is 24.7 Å². The summed E-state index contributed by atoms with van der Waals surface area (Å²) in [7, 11) is 0. The lowest BCUT2D eigenvalue weighted by atomic mass is 10.1. The molecule has 0 saturated heterocycles. The normalized spacial score (nSPS) is 11.4. The van der Waals surface area contributed by atoms with Gasteiger partial charge in [0.25, 0.3) is 5.91 Å². The van der Waals surface area contributed by atoms with Gasteiger partial charge in [-0.25, -0.2) is 9.37 Å². The van der Waals surface area contributed by atoms with E-state index in [2.05, 4.69) is 30.3 Å². The van der Waals surface area contributed by atoms with Gasteiger partial charge in [-0.15, -0.1) is 0 Å². The molecule has 0 aliphatic rings. The van der Waals surface area contributed by atoms with Gasteiger partial charge in [0.1, 0.15) is 11.6 Å². The second-order valence-electron chi connectivity index (χ2n) is 7.76. The van der Waals surface area contributed by atoms with E-state index in [4.69, 9.17) is 0 Å². The first-order valence-corrected chi connectivity index (χ1v) is 9.89. The second-order valence-corrected chi connectivity index (χ2v) is 7.76. The fourth-order valence-corrected chi connectivity index (χ4v) is 3.54. The molecule has 0 spiro atoms. The van der Waals surface area contributed by atoms with Gasteiger partial charge in [-0.3, -0.25) is 4.79 Å². The molecule has 1 heterocycles. The highest BCUT2D eigenvalue weighted by molar-refractivity contribution is 5.94. The predicted octanol–water partition coefficient (Wildman–Crippen LogP) is 5.19. The topological polar surface area (TPSA) is 38.1 Å². The van der Waals surface area contributed by atoms with E-state index < -0.39 is 0 Å². The molecule has 3 rings (SSSR count). The van der Waals surface area contributed by atoms with E-state index in [1.54, 1.807) is 6.07 Å². The molecule has 0 fully saturated rings. The van der Waals surface area contributed by atoms with Crippen molar-refractivity contribution in [2.24, 2.45) is 5.92 Å². The van der Waals surface area contributed by atoms with Crippen molar-refractivity contribution >= 4 is 16.9 Å². The Morgan fingerprint density at radius 3 is 2.68 bits per heavy atom. The molecule has 0 aliphatic heterocycles. The van der Waals surface area contributed by atoms with Crippen molar-refractivity contribution in [3.05, 3.63) is 65.2 Å². The van der Waals surface area contributed by atoms with Crippen LogP contribution < -0.4 is 0 Å². The number of imidazole rings is 1. The van der Waals surface area contributed by atoms with Crippen LogP contribution in [0.5, 0.6) is 0 Å². The van der Waals surface area contributed by atoms with Crippen LogP contribution in [0.3, 0.4) is 0 Å². The van der Waals surface area contributed by atoms with Gasteiger partial charge in [0.05, 0.1) is 17.6 Å². The highest BCUT2D eigenvalue weighted by Crippen LogP contribution is 2.21. The molecule has 4 nitrogen and oxygen atoms in total. The van der Waals surface area contributed by atoms with Crippen molar-refractivity contribution in [3.63, 3.8) is 0 Å². The minimum absolute atomic E-state index is 0.00122. The van der Waals surface area contributed by atoms with Gasteiger partial charge < -0.3 is 9.47 Å². The molecule has 0 N–H and O–H groups in total. The highest BCUT2D eigenvalue weighted by atomic mass is 19.1. The molecule has 1 amide bonds. The molecule has 0 unspecified atom stereocenters. The first-order valence-electron chi connectivity index (χ1n) is 9.89. The highest BCUT2D eigenvalue weighted by Gasteiger charge is 2.21. The van der Waals surface area contributed by atoms with Crippen LogP contribution in [-0.4, -0.2) is 26.9 Å². The van der Waals surface area contributed by atoms with Crippen molar-refractivity contribution in [1.82, 2.24) is 14.5 Å². The van der Waals surface area contributed by atoms with Crippen LogP contribution in [0.15, 0.2) is 42.5 Å². The van der Waals surface area contributed by atoms with Gasteiger partial charge in [-0.2, -0.15) is 0 Å². The second kappa shape index (κ2) is 8.55. The third-order valence-electron chi connectivity index (χ3n) is 4.71. The third-order valence-corrected chi connectivity index (χ3v) is 4.71. The van der Waals surface area contributed by atoms with Gasteiger partial charge in [0.15, 0.2) is 0 Å². The van der Waals surface area contributed by atoms with E-state index in [0.717, 1.165) is 29.9 Å². The van der Waals surface area contributed by atoms with Crippen LogP contribution >= 0.6 is 0 Å². The number of halogens is 1. The quantitative estimate of drug-likeness (QED) is 0.565. The fraction of sp³-hybridized carbons (Fsp3) is 0.391. The summed E-state index contributed by atoms with van der Waals surface area (Å²) in [6.07, 6.45) is 0.936. The van der Waals surface area contributed by atoms with E-state index in [1.165, 1.54) is 12.1 Å². The first-order chi connectivity index (χ1) is 13.4. The van der Waals surface area contributed by atoms with Crippen LogP contribution in [0, 0.1) is 18.7 Å². The Labute approximate surface area is 166 Å². The third kappa shape index (κ3) is 4.41. The average Bonchev–Trinajstić information content (AvgIpc) is 2.97. The number of aryl methyl sites for hydroxylation is 2. The van der Waals surface area contributed by atoms with Gasteiger partial charge >= 0.3 is 0 Å². The summed E-state index contributed by atoms with van der Waals surface area (Å²) >= 11 is 0. The predicted molar refractivity (Wildman–Crippen MR) is 111 cm³/mol. The van der Waals surface area contributed by atoms with E-state index >= 15 is 0 Å². The Morgan fingerprint density at radius 1 is 1.21 bits per heavy atom. The van der Waals surface area contributed by atoms with E-state index in [1.807, 2.05) is 36.1 Å². The number of hydrogen-bond donors (Lipinski definition) is 0. The number of fused-ring (bicyclic) bond motifs is 1. The Morgan fingerprint density at radius 2 is 2.00 bits per heavy atom. The lowest BCUT2D eigenvalue weighted by Gasteiger charge is -2.25. The maximum Gasteiger partial charge on any atom is 0.254 e. The van der Waals surface area contributed by atoms with Crippen LogP contribution in [-0.2, 0) is 13.1 Å². The Kier molecular flexibility index (Phi) is 6.12. The Bertz CT molecular complexity index is 977. The van der Waals surface area contributed by atoms with Gasteiger partial charge in [-0.1, -0.05) is 38.5 Å². The van der Waals surface area contributed by atoms with Gasteiger partial charge in [0.2, 0.25) is 0 Å². The number of carbonyl (C=O) groups excluding carboxylic acids is 1. The molecule has 0 bridgehead atoms. The molecule has 148 valence electrons. The number of aromatic nitrogens is 2. The van der Waals surface area contributed by atoms with E-state index in [9.17, 15) is 9.18 Å². The van der Waals surface area contributed by atoms with Crippen molar-refractivity contribution in [3.8, 4) is 0 Å². The number of amides is 1. The molecule has 0 atom stereocenters. The number of benzene rings is 2. The maximum absolute atomic E-state index is 13.7. The largest absolute Gasteiger partial charge is 0.331 e. The van der Waals surface area contributed by atoms with Gasteiger partial charge in [-0.05, 0) is 43.5 Å². The molecule has 0 radical (unpaired) electrons. The smallest absolute Gasteiger partial charge is 0.254 e. The van der Waals surface area contributed by atoms with Crippen molar-refractivity contribution in [1.29, 1.82) is 0 Å². The van der Waals surface area contributed by atoms with Crippen LogP contribution in [0.1, 0.15) is 48.9 Å². The minimum Gasteiger partial charge on any atom is -0.331 e. The van der Waals surface area contributed by atoms with Crippen LogP contribution in [0.25, 0.3) is 11.0 Å². The molecular formula is C23H28FN3O. The molecule has 5 heteroatoms. The lowest BCUT2D eigenvalue weighted by molar-refractivity contribution is 0.0716.